The van der Waals surface area contributed by atoms with E-state index in [9.17, 15) is 5.11 Å². The monoisotopic (exact) mass is 233 g/mol. The number of phenolic OH excluding ortho intramolecular Hbond substituents is 1. The number of hydrogen-bond acceptors (Lipinski definition) is 4. The number of ether oxygens (including phenoxy) is 1. The maximum absolute atomic E-state index is 9.88. The molecule has 0 saturated heterocycles. The van der Waals surface area contributed by atoms with Crippen LogP contribution in [0, 0.1) is 13.8 Å². The van der Waals surface area contributed by atoms with E-state index < -0.39 is 0 Å². The molecule has 0 amide bonds. The molecule has 90 valence electrons. The number of hydrogen-bond donors (Lipinski definition) is 3. The van der Waals surface area contributed by atoms with Crippen LogP contribution >= 0.6 is 0 Å². The summed E-state index contributed by atoms with van der Waals surface area (Å²) in [5, 5.41) is 16.6. The number of nitrogen functional groups attached to an aromatic ring is 1. The van der Waals surface area contributed by atoms with Gasteiger partial charge in [-0.2, -0.15) is 5.10 Å². The smallest absolute Gasteiger partial charge is 0.161 e. The van der Waals surface area contributed by atoms with Crippen molar-refractivity contribution in [2.24, 2.45) is 0 Å². The second kappa shape index (κ2) is 4.01. The summed E-state index contributed by atoms with van der Waals surface area (Å²) in [5.41, 5.74) is 9.06. The van der Waals surface area contributed by atoms with Gasteiger partial charge < -0.3 is 15.6 Å². The molecule has 1 aromatic carbocycles. The van der Waals surface area contributed by atoms with Crippen LogP contribution in [0.4, 0.5) is 5.82 Å². The van der Waals surface area contributed by atoms with Gasteiger partial charge in [0.05, 0.1) is 12.8 Å². The lowest BCUT2D eigenvalue weighted by Crippen LogP contribution is -1.93. The van der Waals surface area contributed by atoms with Crippen LogP contribution in [0.1, 0.15) is 11.1 Å². The van der Waals surface area contributed by atoms with Crippen LogP contribution in [0.5, 0.6) is 11.5 Å². The fourth-order valence-electron chi connectivity index (χ4n) is 1.78. The van der Waals surface area contributed by atoms with Crippen LogP contribution in [-0.2, 0) is 0 Å². The van der Waals surface area contributed by atoms with Crippen molar-refractivity contribution in [1.29, 1.82) is 0 Å². The van der Waals surface area contributed by atoms with Crippen molar-refractivity contribution < 1.29 is 9.84 Å². The molecule has 0 aliphatic carbocycles. The molecule has 0 spiro atoms. The van der Waals surface area contributed by atoms with Crippen molar-refractivity contribution in [2.75, 3.05) is 12.8 Å². The summed E-state index contributed by atoms with van der Waals surface area (Å²) in [6.45, 7) is 3.78. The van der Waals surface area contributed by atoms with Gasteiger partial charge in [0.25, 0.3) is 0 Å². The first kappa shape index (κ1) is 11.3. The molecule has 4 N–H and O–H groups in total. The number of nitrogens with one attached hydrogen (secondary N) is 1. The molecule has 0 atom stereocenters. The highest BCUT2D eigenvalue weighted by molar-refractivity contribution is 5.71. The number of nitrogens with two attached hydrogens (primary N) is 1. The van der Waals surface area contributed by atoms with E-state index in [0.29, 0.717) is 11.6 Å². The predicted molar refractivity (Wildman–Crippen MR) is 66.1 cm³/mol. The Morgan fingerprint density at radius 2 is 2.00 bits per heavy atom. The molecule has 5 nitrogen and oxygen atoms in total. The average Bonchev–Trinajstić information content (AvgIpc) is 2.73. The predicted octanol–water partition coefficient (Wildman–Crippen LogP) is 1.99. The Balaban J connectivity index is 2.66. The van der Waals surface area contributed by atoms with Crippen LogP contribution in [0.25, 0.3) is 11.3 Å². The minimum Gasteiger partial charge on any atom is -0.504 e. The van der Waals surface area contributed by atoms with E-state index in [2.05, 4.69) is 10.2 Å². The summed E-state index contributed by atoms with van der Waals surface area (Å²) in [5.74, 6) is 1.04. The zero-order chi connectivity index (χ0) is 12.6. The first-order valence-electron chi connectivity index (χ1n) is 5.23. The SMILES string of the molecule is COc1cc(-c2cc(N)n[nH]2)c(C)c(C)c1O. The number of phenols is 1. The molecule has 0 unspecified atom stereocenters. The van der Waals surface area contributed by atoms with E-state index in [0.717, 1.165) is 22.4 Å². The Labute approximate surface area is 99.2 Å². The largest absolute Gasteiger partial charge is 0.504 e. The van der Waals surface area contributed by atoms with Crippen molar-refractivity contribution >= 4 is 5.82 Å². The summed E-state index contributed by atoms with van der Waals surface area (Å²) in [4.78, 5) is 0. The molecule has 0 radical (unpaired) electrons. The maximum Gasteiger partial charge on any atom is 0.161 e. The number of rotatable bonds is 2. The maximum atomic E-state index is 9.88. The molecule has 5 heteroatoms. The number of nitrogens with zero attached hydrogens (tertiary/aromatic N) is 1. The van der Waals surface area contributed by atoms with Crippen molar-refractivity contribution in [3.8, 4) is 22.8 Å². The molecule has 0 fully saturated rings. The highest BCUT2D eigenvalue weighted by Gasteiger charge is 2.14. The zero-order valence-corrected chi connectivity index (χ0v) is 10.0. The molecule has 0 aliphatic rings. The van der Waals surface area contributed by atoms with Gasteiger partial charge in [0, 0.05) is 11.6 Å². The minimum absolute atomic E-state index is 0.168. The lowest BCUT2D eigenvalue weighted by atomic mass is 9.99. The van der Waals surface area contributed by atoms with Gasteiger partial charge in [-0.15, -0.1) is 0 Å². The fraction of sp³-hybridized carbons (Fsp3) is 0.250. The molecule has 1 aromatic heterocycles. The van der Waals surface area contributed by atoms with Gasteiger partial charge in [0.2, 0.25) is 0 Å². The van der Waals surface area contributed by atoms with E-state index in [-0.39, 0.29) is 5.75 Å². The van der Waals surface area contributed by atoms with Crippen LogP contribution < -0.4 is 10.5 Å². The molecule has 17 heavy (non-hydrogen) atoms. The summed E-state index contributed by atoms with van der Waals surface area (Å²) < 4.78 is 5.13. The molecule has 0 saturated carbocycles. The van der Waals surface area contributed by atoms with E-state index in [1.807, 2.05) is 13.8 Å². The van der Waals surface area contributed by atoms with Crippen molar-refractivity contribution in [3.63, 3.8) is 0 Å². The number of aromatic nitrogens is 2. The lowest BCUT2D eigenvalue weighted by Gasteiger charge is -2.12. The van der Waals surface area contributed by atoms with Crippen LogP contribution in [0.3, 0.4) is 0 Å². The molecular formula is C12H15N3O2. The Kier molecular flexibility index (Phi) is 2.67. The normalized spacial score (nSPS) is 10.5. The summed E-state index contributed by atoms with van der Waals surface area (Å²) in [7, 11) is 1.52. The van der Waals surface area contributed by atoms with Crippen LogP contribution in [-0.4, -0.2) is 22.4 Å². The van der Waals surface area contributed by atoms with Gasteiger partial charge in [-0.25, -0.2) is 0 Å². The summed E-state index contributed by atoms with van der Waals surface area (Å²) in [6.07, 6.45) is 0. The molecule has 0 aliphatic heterocycles. The number of benzene rings is 1. The standard InChI is InChI=1S/C12H15N3O2/c1-6-7(2)12(16)10(17-3)4-8(6)9-5-11(13)15-14-9/h4-5,16H,1-3H3,(H3,13,14,15). The van der Waals surface area contributed by atoms with E-state index in [1.54, 1.807) is 12.1 Å². The number of anilines is 1. The lowest BCUT2D eigenvalue weighted by molar-refractivity contribution is 0.371. The highest BCUT2D eigenvalue weighted by atomic mass is 16.5. The third-order valence-electron chi connectivity index (χ3n) is 2.94. The Morgan fingerprint density at radius 3 is 2.53 bits per heavy atom. The first-order valence-corrected chi connectivity index (χ1v) is 5.23. The van der Waals surface area contributed by atoms with Gasteiger partial charge in [0.1, 0.15) is 5.82 Å². The zero-order valence-electron chi connectivity index (χ0n) is 10.0. The van der Waals surface area contributed by atoms with Gasteiger partial charge in [-0.3, -0.25) is 5.10 Å². The van der Waals surface area contributed by atoms with Gasteiger partial charge in [-0.1, -0.05) is 0 Å². The Hall–Kier alpha value is -2.17. The van der Waals surface area contributed by atoms with Crippen molar-refractivity contribution in [3.05, 3.63) is 23.3 Å². The number of methoxy groups -OCH3 is 1. The first-order chi connectivity index (χ1) is 8.04. The Morgan fingerprint density at radius 1 is 1.29 bits per heavy atom. The molecule has 0 bridgehead atoms. The van der Waals surface area contributed by atoms with Crippen LogP contribution in [0.15, 0.2) is 12.1 Å². The topological polar surface area (TPSA) is 84.2 Å². The fourth-order valence-corrected chi connectivity index (χ4v) is 1.78. The number of aromatic hydroxyl groups is 1. The number of aromatic amines is 1. The summed E-state index contributed by atoms with van der Waals surface area (Å²) >= 11 is 0. The molecule has 1 heterocycles. The van der Waals surface area contributed by atoms with Gasteiger partial charge in [-0.05, 0) is 31.0 Å². The third-order valence-corrected chi connectivity index (χ3v) is 2.94. The molecule has 2 rings (SSSR count). The quantitative estimate of drug-likeness (QED) is 0.740. The van der Waals surface area contributed by atoms with E-state index in [4.69, 9.17) is 10.5 Å². The minimum atomic E-state index is 0.168. The van der Waals surface area contributed by atoms with Crippen LogP contribution in [0.2, 0.25) is 0 Å². The third kappa shape index (κ3) is 1.80. The Bertz CT molecular complexity index is 561. The second-order valence-corrected chi connectivity index (χ2v) is 3.93. The van der Waals surface area contributed by atoms with E-state index >= 15 is 0 Å². The summed E-state index contributed by atoms with van der Waals surface area (Å²) in [6, 6.07) is 3.52. The molecule has 2 aromatic rings. The molecular weight excluding hydrogens is 218 g/mol. The van der Waals surface area contributed by atoms with Crippen molar-refractivity contribution in [1.82, 2.24) is 10.2 Å². The van der Waals surface area contributed by atoms with Gasteiger partial charge in [0.15, 0.2) is 11.5 Å². The van der Waals surface area contributed by atoms with E-state index in [1.165, 1.54) is 7.11 Å². The van der Waals surface area contributed by atoms with Gasteiger partial charge >= 0.3 is 0 Å². The average molecular weight is 233 g/mol. The second-order valence-electron chi connectivity index (χ2n) is 3.93. The van der Waals surface area contributed by atoms with Crippen molar-refractivity contribution in [2.45, 2.75) is 13.8 Å². The number of H-pyrrole nitrogens is 1. The highest BCUT2D eigenvalue weighted by Crippen LogP contribution is 2.38.